The second kappa shape index (κ2) is 5.71. The Labute approximate surface area is 126 Å². The van der Waals surface area contributed by atoms with Gasteiger partial charge in [-0.25, -0.2) is 17.2 Å². The molecule has 0 aliphatic carbocycles. The first-order chi connectivity index (χ1) is 9.29. The summed E-state index contributed by atoms with van der Waals surface area (Å²) in [5.41, 5.74) is 0. The van der Waals surface area contributed by atoms with Crippen molar-refractivity contribution in [2.75, 3.05) is 5.75 Å². The van der Waals surface area contributed by atoms with Crippen molar-refractivity contribution >= 4 is 42.9 Å². The van der Waals surface area contributed by atoms with Crippen molar-refractivity contribution in [1.82, 2.24) is 0 Å². The summed E-state index contributed by atoms with van der Waals surface area (Å²) in [7, 11) is -4.22. The largest absolute Gasteiger partial charge is 0.292 e. The third kappa shape index (κ3) is 3.31. The van der Waals surface area contributed by atoms with Crippen molar-refractivity contribution in [3.63, 3.8) is 0 Å². The first-order valence-corrected chi connectivity index (χ1v) is 8.52. The summed E-state index contributed by atoms with van der Waals surface area (Å²) >= 11 is 4.23. The monoisotopic (exact) mass is 380 g/mol. The highest BCUT2D eigenvalue weighted by Gasteiger charge is 2.25. The van der Waals surface area contributed by atoms with Crippen molar-refractivity contribution in [2.24, 2.45) is 0 Å². The molecule has 3 nitrogen and oxygen atoms in total. The number of sulfone groups is 1. The maximum atomic E-state index is 13.5. The van der Waals surface area contributed by atoms with Crippen LogP contribution in [0.5, 0.6) is 0 Å². The molecule has 2 aromatic rings. The van der Waals surface area contributed by atoms with Crippen LogP contribution in [-0.4, -0.2) is 20.0 Å². The molecule has 1 aromatic heterocycles. The average molecular weight is 381 g/mol. The van der Waals surface area contributed by atoms with E-state index in [4.69, 9.17) is 0 Å². The van der Waals surface area contributed by atoms with Gasteiger partial charge in [0.15, 0.2) is 15.6 Å². The van der Waals surface area contributed by atoms with Crippen molar-refractivity contribution in [2.45, 2.75) is 4.90 Å². The van der Waals surface area contributed by atoms with E-state index in [-0.39, 0.29) is 4.88 Å². The maximum absolute atomic E-state index is 13.5. The minimum Gasteiger partial charge on any atom is -0.292 e. The quantitative estimate of drug-likeness (QED) is 0.763. The summed E-state index contributed by atoms with van der Waals surface area (Å²) in [6.45, 7) is 0. The number of hydrogen-bond acceptors (Lipinski definition) is 4. The summed E-state index contributed by atoms with van der Waals surface area (Å²) in [6.07, 6.45) is 0. The van der Waals surface area contributed by atoms with Crippen LogP contribution >= 0.6 is 27.3 Å². The molecule has 0 saturated heterocycles. The summed E-state index contributed by atoms with van der Waals surface area (Å²) < 4.78 is 51.1. The molecule has 20 heavy (non-hydrogen) atoms. The van der Waals surface area contributed by atoms with Crippen LogP contribution in [0.1, 0.15) is 9.67 Å². The van der Waals surface area contributed by atoms with Crippen LogP contribution in [0.2, 0.25) is 0 Å². The number of carbonyl (C=O) groups is 1. The van der Waals surface area contributed by atoms with Crippen LogP contribution < -0.4 is 0 Å². The lowest BCUT2D eigenvalue weighted by Gasteiger charge is -2.04. The Morgan fingerprint density at radius 1 is 1.20 bits per heavy atom. The van der Waals surface area contributed by atoms with E-state index in [0.717, 1.165) is 17.4 Å². The van der Waals surface area contributed by atoms with Gasteiger partial charge in [0.05, 0.1) is 8.66 Å². The maximum Gasteiger partial charge on any atom is 0.188 e. The zero-order chi connectivity index (χ0) is 14.9. The number of Topliss-reactive ketones (excluding diaryl/α,β-unsaturated/α-hetero) is 1. The normalized spacial score (nSPS) is 11.6. The third-order valence-corrected chi connectivity index (χ3v) is 5.69. The van der Waals surface area contributed by atoms with E-state index in [1.54, 1.807) is 6.07 Å². The minimum atomic E-state index is -4.22. The molecule has 1 heterocycles. The highest BCUT2D eigenvalue weighted by Crippen LogP contribution is 2.24. The van der Waals surface area contributed by atoms with E-state index in [0.29, 0.717) is 15.9 Å². The predicted molar refractivity (Wildman–Crippen MR) is 74.8 cm³/mol. The van der Waals surface area contributed by atoms with Crippen molar-refractivity contribution in [3.8, 4) is 0 Å². The van der Waals surface area contributed by atoms with Crippen LogP contribution in [0.15, 0.2) is 39.0 Å². The Bertz CT molecular complexity index is 769. The molecule has 0 aliphatic rings. The number of hydrogen-bond donors (Lipinski definition) is 0. The molecule has 8 heteroatoms. The predicted octanol–water partition coefficient (Wildman–Crippen LogP) is 3.45. The van der Waals surface area contributed by atoms with Crippen molar-refractivity contribution in [1.29, 1.82) is 0 Å². The highest BCUT2D eigenvalue weighted by atomic mass is 79.9. The molecule has 0 spiro atoms. The lowest BCUT2D eigenvalue weighted by Crippen LogP contribution is -2.17. The van der Waals surface area contributed by atoms with Crippen LogP contribution in [0.4, 0.5) is 8.78 Å². The molecule has 0 unspecified atom stereocenters. The smallest absolute Gasteiger partial charge is 0.188 e. The van der Waals surface area contributed by atoms with Gasteiger partial charge in [-0.1, -0.05) is 0 Å². The topological polar surface area (TPSA) is 51.2 Å². The van der Waals surface area contributed by atoms with Gasteiger partial charge in [-0.3, -0.25) is 4.79 Å². The Morgan fingerprint density at radius 3 is 2.50 bits per heavy atom. The van der Waals surface area contributed by atoms with E-state index in [2.05, 4.69) is 15.9 Å². The molecular weight excluding hydrogens is 374 g/mol. The Hall–Kier alpha value is -1.12. The van der Waals surface area contributed by atoms with Gasteiger partial charge in [0.25, 0.3) is 0 Å². The molecule has 106 valence electrons. The van der Waals surface area contributed by atoms with Gasteiger partial charge in [-0.15, -0.1) is 11.3 Å². The van der Waals surface area contributed by atoms with Gasteiger partial charge in [-0.2, -0.15) is 0 Å². The summed E-state index contributed by atoms with van der Waals surface area (Å²) in [6, 6.07) is 5.17. The minimum absolute atomic E-state index is 0.234. The van der Waals surface area contributed by atoms with Gasteiger partial charge >= 0.3 is 0 Å². The first-order valence-electron chi connectivity index (χ1n) is 5.26. The van der Waals surface area contributed by atoms with E-state index in [9.17, 15) is 22.0 Å². The Kier molecular flexibility index (Phi) is 4.36. The Morgan fingerprint density at radius 2 is 1.90 bits per heavy atom. The van der Waals surface area contributed by atoms with Gasteiger partial charge in [-0.05, 0) is 46.3 Å². The van der Waals surface area contributed by atoms with Crippen LogP contribution in [0, 0.1) is 11.6 Å². The highest BCUT2D eigenvalue weighted by molar-refractivity contribution is 9.11. The fourth-order valence-corrected chi connectivity index (χ4v) is 4.23. The fraction of sp³-hybridized carbons (Fsp3) is 0.0833. The lowest BCUT2D eigenvalue weighted by molar-refractivity contribution is 0.102. The van der Waals surface area contributed by atoms with E-state index < -0.39 is 37.9 Å². The van der Waals surface area contributed by atoms with Gasteiger partial charge in [0, 0.05) is 0 Å². The number of benzene rings is 1. The van der Waals surface area contributed by atoms with Gasteiger partial charge < -0.3 is 0 Å². The molecule has 2 rings (SSSR count). The molecule has 0 atom stereocenters. The standard InChI is InChI=1S/C12H7BrF2O3S2/c13-12-4-3-10(19-12)9(16)6-20(17,18)11-5-7(14)1-2-8(11)15/h1-5H,6H2. The zero-order valence-corrected chi connectivity index (χ0v) is 13.0. The van der Waals surface area contributed by atoms with Gasteiger partial charge in [0.1, 0.15) is 22.3 Å². The number of halogens is 3. The fourth-order valence-electron chi connectivity index (χ4n) is 1.50. The molecule has 0 fully saturated rings. The zero-order valence-electron chi connectivity index (χ0n) is 9.77. The van der Waals surface area contributed by atoms with Crippen LogP contribution in [0.25, 0.3) is 0 Å². The second-order valence-corrected chi connectivity index (χ2v) is 8.28. The third-order valence-electron chi connectivity index (χ3n) is 2.40. The molecule has 0 saturated carbocycles. The second-order valence-electron chi connectivity index (χ2n) is 3.86. The van der Waals surface area contributed by atoms with Crippen molar-refractivity contribution in [3.05, 3.63) is 50.6 Å². The van der Waals surface area contributed by atoms with Crippen LogP contribution in [-0.2, 0) is 9.84 Å². The Balaban J connectivity index is 2.32. The number of thiophene rings is 1. The summed E-state index contributed by atoms with van der Waals surface area (Å²) in [5.74, 6) is -3.52. The average Bonchev–Trinajstić information content (AvgIpc) is 2.78. The first kappa shape index (κ1) is 15.3. The number of rotatable bonds is 4. The van der Waals surface area contributed by atoms with Crippen molar-refractivity contribution < 1.29 is 22.0 Å². The summed E-state index contributed by atoms with van der Waals surface area (Å²) in [5, 5.41) is 0. The van der Waals surface area contributed by atoms with E-state index in [1.165, 1.54) is 6.07 Å². The molecule has 0 aliphatic heterocycles. The molecular formula is C12H7BrF2O3S2. The molecule has 1 aromatic carbocycles. The lowest BCUT2D eigenvalue weighted by atomic mass is 10.3. The SMILES string of the molecule is O=C(CS(=O)(=O)c1cc(F)ccc1F)c1ccc(Br)s1. The number of ketones is 1. The molecule has 0 bridgehead atoms. The van der Waals surface area contributed by atoms with Gasteiger partial charge in [0.2, 0.25) is 0 Å². The number of carbonyl (C=O) groups excluding carboxylic acids is 1. The van der Waals surface area contributed by atoms with E-state index >= 15 is 0 Å². The molecule has 0 radical (unpaired) electrons. The summed E-state index contributed by atoms with van der Waals surface area (Å²) in [4.78, 5) is 11.3. The molecule has 0 amide bonds. The van der Waals surface area contributed by atoms with Crippen LogP contribution in [0.3, 0.4) is 0 Å². The molecule has 0 N–H and O–H groups in total. The van der Waals surface area contributed by atoms with E-state index in [1.807, 2.05) is 0 Å².